The number of alkyl halides is 2. The largest absolute Gasteiger partial charge is 0.479 e. The highest BCUT2D eigenvalue weighted by molar-refractivity contribution is 5.99. The highest BCUT2D eigenvalue weighted by atomic mass is 19.3. The number of rotatable bonds is 8. The van der Waals surface area contributed by atoms with E-state index in [1.165, 1.54) is 0 Å². The molecule has 10 rings (SSSR count). The summed E-state index contributed by atoms with van der Waals surface area (Å²) in [4.78, 5) is 52.3. The Labute approximate surface area is 310 Å². The minimum Gasteiger partial charge on any atom is -0.479 e. The Kier molecular flexibility index (Phi) is 8.47. The molecule has 0 radical (unpaired) electrons. The number of hydrogen-bond donors (Lipinski definition) is 2. The average Bonchev–Trinajstić information content (AvgIpc) is 3.45. The first kappa shape index (κ1) is 35.1. The molecule has 3 aromatic rings. The first-order valence-electron chi connectivity index (χ1n) is 19.0. The molecule has 0 atom stereocenters. The van der Waals surface area contributed by atoms with E-state index in [1.54, 1.807) is 11.1 Å². The quantitative estimate of drug-likeness (QED) is 0.312. The SMILES string of the molecule is CC(F)(F)c1nc(N2CC3(CCOCC3)c3cc(OC4CCN(c5ncc(F)cn5)CC4)ncc32)ncc1C(=O)NC1(C(=O)O)C2CC3CC(C2)CC1C3. The van der Waals surface area contributed by atoms with Crippen LogP contribution in [0.5, 0.6) is 5.88 Å². The summed E-state index contributed by atoms with van der Waals surface area (Å²) in [6.07, 6.45) is 11.6. The average molecular weight is 749 g/mol. The number of aromatic nitrogens is 5. The van der Waals surface area contributed by atoms with E-state index in [9.17, 15) is 19.1 Å². The highest BCUT2D eigenvalue weighted by Crippen LogP contribution is 2.58. The third-order valence-electron chi connectivity index (χ3n) is 13.0. The third kappa shape index (κ3) is 5.91. The summed E-state index contributed by atoms with van der Waals surface area (Å²) in [6.45, 7) is 3.37. The lowest BCUT2D eigenvalue weighted by Crippen LogP contribution is -2.70. The molecule has 0 aromatic carbocycles. The molecule has 7 aliphatic rings. The maximum Gasteiger partial charge on any atom is 0.330 e. The lowest BCUT2D eigenvalue weighted by atomic mass is 9.48. The number of ether oxygens (including phenoxy) is 2. The van der Waals surface area contributed by atoms with Crippen molar-refractivity contribution in [2.45, 2.75) is 87.7 Å². The third-order valence-corrected chi connectivity index (χ3v) is 13.0. The summed E-state index contributed by atoms with van der Waals surface area (Å²) >= 11 is 0. The number of carboxylic acid groups (broad SMARTS) is 1. The Morgan fingerprint density at radius 1 is 0.944 bits per heavy atom. The van der Waals surface area contributed by atoms with Gasteiger partial charge in [-0.05, 0) is 74.2 Å². The van der Waals surface area contributed by atoms with E-state index >= 15 is 8.78 Å². The predicted octanol–water partition coefficient (Wildman–Crippen LogP) is 5.17. The molecule has 13 nitrogen and oxygen atoms in total. The summed E-state index contributed by atoms with van der Waals surface area (Å²) in [5, 5.41) is 13.3. The van der Waals surface area contributed by atoms with Crippen molar-refractivity contribution < 1.29 is 37.3 Å². The molecular formula is C38H43F3N8O5. The van der Waals surface area contributed by atoms with Crippen molar-refractivity contribution in [3.05, 3.63) is 53.5 Å². The highest BCUT2D eigenvalue weighted by Gasteiger charge is 2.62. The van der Waals surface area contributed by atoms with Crippen LogP contribution >= 0.6 is 0 Å². The number of piperidine rings is 1. The van der Waals surface area contributed by atoms with Crippen molar-refractivity contribution in [2.75, 3.05) is 42.6 Å². The van der Waals surface area contributed by atoms with E-state index in [1.807, 2.05) is 11.0 Å². The number of halogens is 3. The Bertz CT molecular complexity index is 1920. The molecule has 4 saturated carbocycles. The summed E-state index contributed by atoms with van der Waals surface area (Å²) in [7, 11) is 0. The van der Waals surface area contributed by atoms with Crippen molar-refractivity contribution in [3.63, 3.8) is 0 Å². The Hall–Kier alpha value is -4.60. The maximum atomic E-state index is 15.4. The van der Waals surface area contributed by atoms with Crippen LogP contribution in [0.2, 0.25) is 0 Å². The minimum atomic E-state index is -3.53. The van der Waals surface area contributed by atoms with Gasteiger partial charge in [0, 0.05) is 70.3 Å². The van der Waals surface area contributed by atoms with Crippen LogP contribution < -0.4 is 19.9 Å². The molecular weight excluding hydrogens is 705 g/mol. The van der Waals surface area contributed by atoms with Crippen LogP contribution in [0.1, 0.15) is 86.3 Å². The normalized spacial score (nSPS) is 28.7. The fraction of sp³-hybridized carbons (Fsp3) is 0.605. The number of carboxylic acids is 1. The molecule has 286 valence electrons. The van der Waals surface area contributed by atoms with E-state index in [0.717, 1.165) is 30.6 Å². The number of carbonyl (C=O) groups is 2. The van der Waals surface area contributed by atoms with Gasteiger partial charge in [0.2, 0.25) is 17.8 Å². The smallest absolute Gasteiger partial charge is 0.330 e. The second-order valence-corrected chi connectivity index (χ2v) is 16.3. The van der Waals surface area contributed by atoms with E-state index < -0.39 is 45.8 Å². The van der Waals surface area contributed by atoms with E-state index in [2.05, 4.69) is 30.2 Å². The van der Waals surface area contributed by atoms with Gasteiger partial charge in [-0.15, -0.1) is 0 Å². The molecule has 1 spiro atoms. The molecule has 4 aliphatic carbocycles. The number of aliphatic carboxylic acids is 1. The van der Waals surface area contributed by atoms with Crippen LogP contribution in [0.3, 0.4) is 0 Å². The Balaban J connectivity index is 0.980. The molecule has 6 fully saturated rings. The van der Waals surface area contributed by atoms with Crippen molar-refractivity contribution >= 4 is 29.5 Å². The van der Waals surface area contributed by atoms with Crippen LogP contribution in [-0.2, 0) is 20.9 Å². The number of nitrogens with one attached hydrogen (secondary N) is 1. The Morgan fingerprint density at radius 2 is 1.59 bits per heavy atom. The second kappa shape index (κ2) is 13.0. The van der Waals surface area contributed by atoms with Gasteiger partial charge in [-0.25, -0.2) is 34.1 Å². The molecule has 0 unspecified atom stereocenters. The zero-order valence-electron chi connectivity index (χ0n) is 30.0. The van der Waals surface area contributed by atoms with Gasteiger partial charge >= 0.3 is 5.97 Å². The molecule has 2 saturated heterocycles. The van der Waals surface area contributed by atoms with E-state index in [0.29, 0.717) is 120 Å². The molecule has 54 heavy (non-hydrogen) atoms. The second-order valence-electron chi connectivity index (χ2n) is 16.3. The number of anilines is 3. The van der Waals surface area contributed by atoms with Crippen molar-refractivity contribution in [1.82, 2.24) is 30.2 Å². The van der Waals surface area contributed by atoms with Gasteiger partial charge < -0.3 is 29.7 Å². The summed E-state index contributed by atoms with van der Waals surface area (Å²) in [5.41, 5.74) is -1.50. The zero-order chi connectivity index (χ0) is 37.4. The monoisotopic (exact) mass is 748 g/mol. The minimum absolute atomic E-state index is 0.00103. The van der Waals surface area contributed by atoms with Gasteiger partial charge in [0.05, 0.1) is 29.8 Å². The first-order valence-corrected chi connectivity index (χ1v) is 19.0. The topological polar surface area (TPSA) is 156 Å². The fourth-order valence-corrected chi connectivity index (χ4v) is 10.6. The number of amides is 1. The van der Waals surface area contributed by atoms with Gasteiger partial charge in [0.1, 0.15) is 17.3 Å². The summed E-state index contributed by atoms with van der Waals surface area (Å²) in [5.74, 6) is -4.71. The van der Waals surface area contributed by atoms with Gasteiger partial charge in [-0.3, -0.25) is 4.79 Å². The standard InChI is InChI=1S/C38H43F3N8O5/c1-36(40,41)31-27(32(50)47-38(33(51)52)23-11-21-10-22(13-23)14-24(38)12-21)18-45-35(46-31)49-20-37(4-8-53-9-5-37)28-15-30(42-19-29(28)49)54-26-2-6-48(7-3-26)34-43-16-25(39)17-44-34/h15-19,21-24,26H,2-14,20H2,1H3,(H,47,50)(H,51,52). The zero-order valence-corrected chi connectivity index (χ0v) is 30.0. The van der Waals surface area contributed by atoms with E-state index in [-0.39, 0.29) is 23.9 Å². The lowest BCUT2D eigenvalue weighted by Gasteiger charge is -2.59. The first-order chi connectivity index (χ1) is 25.9. The van der Waals surface area contributed by atoms with Crippen LogP contribution in [0.4, 0.5) is 30.8 Å². The fourth-order valence-electron chi connectivity index (χ4n) is 10.6. The number of nitrogens with zero attached hydrogens (tertiary/aromatic N) is 7. The number of hydrogen-bond acceptors (Lipinski definition) is 11. The van der Waals surface area contributed by atoms with Crippen LogP contribution in [0.15, 0.2) is 30.9 Å². The molecule has 6 heterocycles. The van der Waals surface area contributed by atoms with Crippen LogP contribution in [0, 0.1) is 29.5 Å². The van der Waals surface area contributed by atoms with Crippen LogP contribution in [0.25, 0.3) is 0 Å². The van der Waals surface area contributed by atoms with Crippen molar-refractivity contribution in [3.8, 4) is 5.88 Å². The molecule has 2 N–H and O–H groups in total. The molecule has 16 heteroatoms. The lowest BCUT2D eigenvalue weighted by molar-refractivity contribution is -0.163. The van der Waals surface area contributed by atoms with Gasteiger partial charge in [0.25, 0.3) is 11.8 Å². The summed E-state index contributed by atoms with van der Waals surface area (Å²) < 4.78 is 56.3. The van der Waals surface area contributed by atoms with E-state index in [4.69, 9.17) is 9.47 Å². The molecule has 3 aliphatic heterocycles. The molecule has 1 amide bonds. The van der Waals surface area contributed by atoms with Crippen molar-refractivity contribution in [1.29, 1.82) is 0 Å². The van der Waals surface area contributed by atoms with Gasteiger partial charge in [-0.2, -0.15) is 8.78 Å². The van der Waals surface area contributed by atoms with Crippen molar-refractivity contribution in [2.24, 2.45) is 23.7 Å². The molecule has 3 aromatic heterocycles. The predicted molar refractivity (Wildman–Crippen MR) is 187 cm³/mol. The van der Waals surface area contributed by atoms with Crippen LogP contribution in [-0.4, -0.2) is 86.4 Å². The number of fused-ring (bicyclic) bond motifs is 2. The van der Waals surface area contributed by atoms with Gasteiger partial charge in [-0.1, -0.05) is 0 Å². The van der Waals surface area contributed by atoms with Gasteiger partial charge in [0.15, 0.2) is 5.82 Å². The maximum absolute atomic E-state index is 15.4. The summed E-state index contributed by atoms with van der Waals surface area (Å²) in [6, 6.07) is 1.92. The number of pyridine rings is 1. The Morgan fingerprint density at radius 3 is 2.22 bits per heavy atom. The number of carbonyl (C=O) groups excluding carboxylic acids is 1. The molecule has 4 bridgehead atoms.